The molecular formula is C15H14BrNO. The molecule has 0 fully saturated rings. The average Bonchev–Trinajstić information content (AvgIpc) is 2.38. The van der Waals surface area contributed by atoms with Crippen molar-refractivity contribution >= 4 is 33.6 Å². The van der Waals surface area contributed by atoms with Crippen molar-refractivity contribution in [1.82, 2.24) is 0 Å². The summed E-state index contributed by atoms with van der Waals surface area (Å²) in [6.07, 6.45) is 0.847. The zero-order valence-corrected chi connectivity index (χ0v) is 11.9. The van der Waals surface area contributed by atoms with Crippen molar-refractivity contribution < 1.29 is 4.79 Å². The predicted molar refractivity (Wildman–Crippen MR) is 78.8 cm³/mol. The highest BCUT2D eigenvalue weighted by molar-refractivity contribution is 9.10. The molecule has 0 aliphatic carbocycles. The van der Waals surface area contributed by atoms with Crippen LogP contribution in [-0.2, 0) is 0 Å². The maximum absolute atomic E-state index is 10.8. The molecule has 0 spiro atoms. The zero-order chi connectivity index (χ0) is 13.1. The molecule has 0 atom stereocenters. The number of aldehydes is 1. The van der Waals surface area contributed by atoms with E-state index in [0.29, 0.717) is 5.56 Å². The van der Waals surface area contributed by atoms with Gasteiger partial charge in [-0.15, -0.1) is 0 Å². The van der Waals surface area contributed by atoms with Crippen LogP contribution < -0.4 is 4.90 Å². The molecule has 0 bridgehead atoms. The molecule has 0 aromatic heterocycles. The molecule has 0 heterocycles. The van der Waals surface area contributed by atoms with E-state index in [4.69, 9.17) is 0 Å². The summed E-state index contributed by atoms with van der Waals surface area (Å²) in [5.74, 6) is 0. The fraction of sp³-hybridized carbons (Fsp3) is 0.133. The molecule has 0 saturated heterocycles. The van der Waals surface area contributed by atoms with E-state index in [2.05, 4.69) is 52.0 Å². The van der Waals surface area contributed by atoms with Crippen LogP contribution in [0.15, 0.2) is 46.9 Å². The number of carbonyl (C=O) groups excluding carboxylic acids is 1. The normalized spacial score (nSPS) is 10.2. The third-order valence-corrected chi connectivity index (χ3v) is 3.61. The molecule has 0 saturated carbocycles. The van der Waals surface area contributed by atoms with Gasteiger partial charge in [0.15, 0.2) is 6.29 Å². The van der Waals surface area contributed by atoms with E-state index in [1.807, 2.05) is 25.2 Å². The molecule has 0 radical (unpaired) electrons. The van der Waals surface area contributed by atoms with Crippen molar-refractivity contribution in [3.63, 3.8) is 0 Å². The van der Waals surface area contributed by atoms with Crippen molar-refractivity contribution in [1.29, 1.82) is 0 Å². The Morgan fingerprint density at radius 3 is 2.22 bits per heavy atom. The zero-order valence-electron chi connectivity index (χ0n) is 10.4. The van der Waals surface area contributed by atoms with Gasteiger partial charge in [-0.25, -0.2) is 0 Å². The van der Waals surface area contributed by atoms with Gasteiger partial charge in [0.1, 0.15) is 0 Å². The maximum Gasteiger partial charge on any atom is 0.151 e. The first kappa shape index (κ1) is 12.8. The number of nitrogens with zero attached hydrogens (tertiary/aromatic N) is 1. The van der Waals surface area contributed by atoms with Gasteiger partial charge in [-0.3, -0.25) is 4.79 Å². The standard InChI is InChI=1S/C15H14BrNO/c1-11-3-6-13(7-4-11)17(2)14-8-5-12(10-18)15(16)9-14/h3-10H,1-2H3. The average molecular weight is 304 g/mol. The first-order valence-corrected chi connectivity index (χ1v) is 6.46. The van der Waals surface area contributed by atoms with Crippen LogP contribution in [0, 0.1) is 6.92 Å². The smallest absolute Gasteiger partial charge is 0.151 e. The van der Waals surface area contributed by atoms with E-state index in [0.717, 1.165) is 22.1 Å². The number of aryl methyl sites for hydroxylation is 1. The van der Waals surface area contributed by atoms with Crippen molar-refractivity contribution in [2.45, 2.75) is 6.92 Å². The van der Waals surface area contributed by atoms with Crippen LogP contribution in [0.4, 0.5) is 11.4 Å². The molecule has 2 nitrogen and oxygen atoms in total. The van der Waals surface area contributed by atoms with Gasteiger partial charge in [0.05, 0.1) is 0 Å². The van der Waals surface area contributed by atoms with Gasteiger partial charge in [-0.2, -0.15) is 0 Å². The molecule has 92 valence electrons. The lowest BCUT2D eigenvalue weighted by Gasteiger charge is -2.20. The van der Waals surface area contributed by atoms with Crippen LogP contribution in [0.25, 0.3) is 0 Å². The highest BCUT2D eigenvalue weighted by atomic mass is 79.9. The topological polar surface area (TPSA) is 20.3 Å². The van der Waals surface area contributed by atoms with E-state index in [1.165, 1.54) is 5.56 Å². The summed E-state index contributed by atoms with van der Waals surface area (Å²) in [6.45, 7) is 2.07. The van der Waals surface area contributed by atoms with Crippen LogP contribution >= 0.6 is 15.9 Å². The molecule has 18 heavy (non-hydrogen) atoms. The van der Waals surface area contributed by atoms with Crippen molar-refractivity contribution in [2.75, 3.05) is 11.9 Å². The number of carbonyl (C=O) groups is 1. The van der Waals surface area contributed by atoms with Crippen LogP contribution in [0.3, 0.4) is 0 Å². The Kier molecular flexibility index (Phi) is 3.82. The minimum Gasteiger partial charge on any atom is -0.345 e. The lowest BCUT2D eigenvalue weighted by molar-refractivity contribution is 0.112. The van der Waals surface area contributed by atoms with Gasteiger partial charge in [0, 0.05) is 28.5 Å². The van der Waals surface area contributed by atoms with Crippen molar-refractivity contribution in [2.24, 2.45) is 0 Å². The van der Waals surface area contributed by atoms with Crippen molar-refractivity contribution in [3.05, 3.63) is 58.1 Å². The molecule has 0 aliphatic rings. The lowest BCUT2D eigenvalue weighted by Crippen LogP contribution is -2.09. The molecule has 2 rings (SSSR count). The SMILES string of the molecule is Cc1ccc(N(C)c2ccc(C=O)c(Br)c2)cc1. The van der Waals surface area contributed by atoms with Crippen LogP contribution in [0.2, 0.25) is 0 Å². The number of rotatable bonds is 3. The van der Waals surface area contributed by atoms with Gasteiger partial charge in [0.25, 0.3) is 0 Å². The summed E-state index contributed by atoms with van der Waals surface area (Å²) in [6, 6.07) is 14.0. The minimum atomic E-state index is 0.663. The largest absolute Gasteiger partial charge is 0.345 e. The molecule has 2 aromatic rings. The Bertz CT molecular complexity index is 563. The second-order valence-corrected chi connectivity index (χ2v) is 5.07. The van der Waals surface area contributed by atoms with E-state index in [9.17, 15) is 4.79 Å². The molecule has 0 N–H and O–H groups in total. The number of anilines is 2. The van der Waals surface area contributed by atoms with Gasteiger partial charge >= 0.3 is 0 Å². The highest BCUT2D eigenvalue weighted by Crippen LogP contribution is 2.27. The van der Waals surface area contributed by atoms with E-state index >= 15 is 0 Å². The number of halogens is 1. The second kappa shape index (κ2) is 5.36. The summed E-state index contributed by atoms with van der Waals surface area (Å²) >= 11 is 3.40. The molecule has 0 amide bonds. The quantitative estimate of drug-likeness (QED) is 0.786. The summed E-state index contributed by atoms with van der Waals surface area (Å²) in [4.78, 5) is 12.9. The monoisotopic (exact) mass is 303 g/mol. The number of hydrogen-bond donors (Lipinski definition) is 0. The molecule has 0 unspecified atom stereocenters. The van der Waals surface area contributed by atoms with E-state index in [-0.39, 0.29) is 0 Å². The maximum atomic E-state index is 10.8. The summed E-state index contributed by atoms with van der Waals surface area (Å²) in [5.41, 5.74) is 4.06. The third-order valence-electron chi connectivity index (χ3n) is 2.92. The Morgan fingerprint density at radius 2 is 1.67 bits per heavy atom. The predicted octanol–water partition coefficient (Wildman–Crippen LogP) is 4.34. The molecular weight excluding hydrogens is 290 g/mol. The van der Waals surface area contributed by atoms with Crippen LogP contribution in [0.5, 0.6) is 0 Å². The van der Waals surface area contributed by atoms with Crippen molar-refractivity contribution in [3.8, 4) is 0 Å². The molecule has 0 aliphatic heterocycles. The number of hydrogen-bond acceptors (Lipinski definition) is 2. The van der Waals surface area contributed by atoms with Gasteiger partial charge in [-0.1, -0.05) is 17.7 Å². The molecule has 3 heteroatoms. The van der Waals surface area contributed by atoms with Gasteiger partial charge < -0.3 is 4.90 Å². The van der Waals surface area contributed by atoms with Gasteiger partial charge in [-0.05, 0) is 53.2 Å². The number of benzene rings is 2. The summed E-state index contributed by atoms with van der Waals surface area (Å²) < 4.78 is 0.814. The van der Waals surface area contributed by atoms with E-state index in [1.54, 1.807) is 0 Å². The van der Waals surface area contributed by atoms with Crippen LogP contribution in [-0.4, -0.2) is 13.3 Å². The van der Waals surface area contributed by atoms with E-state index < -0.39 is 0 Å². The fourth-order valence-electron chi connectivity index (χ4n) is 1.74. The highest BCUT2D eigenvalue weighted by Gasteiger charge is 2.06. The second-order valence-electron chi connectivity index (χ2n) is 4.22. The lowest BCUT2D eigenvalue weighted by atomic mass is 10.2. The Hall–Kier alpha value is -1.61. The third kappa shape index (κ3) is 2.62. The van der Waals surface area contributed by atoms with Gasteiger partial charge in [0.2, 0.25) is 0 Å². The summed E-state index contributed by atoms with van der Waals surface area (Å²) in [7, 11) is 2.01. The minimum absolute atomic E-state index is 0.663. The first-order chi connectivity index (χ1) is 8.61. The Morgan fingerprint density at radius 1 is 1.06 bits per heavy atom. The Balaban J connectivity index is 2.33. The Labute approximate surface area is 115 Å². The van der Waals surface area contributed by atoms with Crippen LogP contribution in [0.1, 0.15) is 15.9 Å². The summed E-state index contributed by atoms with van der Waals surface area (Å²) in [5, 5.41) is 0. The first-order valence-electron chi connectivity index (χ1n) is 5.67. The molecule has 2 aromatic carbocycles. The fourth-order valence-corrected chi connectivity index (χ4v) is 2.20.